The number of hydrogen-bond acceptors (Lipinski definition) is 2. The van der Waals surface area contributed by atoms with E-state index in [1.54, 1.807) is 6.07 Å². The van der Waals surface area contributed by atoms with Gasteiger partial charge in [-0.3, -0.25) is 0 Å². The van der Waals surface area contributed by atoms with Crippen molar-refractivity contribution < 1.29 is 0 Å². The molecule has 0 fully saturated rings. The number of aryl methyl sites for hydroxylation is 1. The molecule has 2 aromatic rings. The molecule has 0 N–H and O–H groups in total. The molecule has 1 unspecified atom stereocenters. The van der Waals surface area contributed by atoms with Crippen LogP contribution in [0.15, 0.2) is 24.3 Å². The minimum atomic E-state index is -0.143. The monoisotopic (exact) mass is 348 g/mol. The van der Waals surface area contributed by atoms with E-state index in [0.29, 0.717) is 10.0 Å². The molecule has 19 heavy (non-hydrogen) atoms. The average Bonchev–Trinajstić information content (AvgIpc) is 2.85. The van der Waals surface area contributed by atoms with E-state index in [1.807, 2.05) is 35.2 Å². The fourth-order valence-corrected chi connectivity index (χ4v) is 5.15. The van der Waals surface area contributed by atoms with Crippen LogP contribution in [0.2, 0.25) is 10.0 Å². The molecule has 0 aliphatic carbocycles. The van der Waals surface area contributed by atoms with E-state index in [4.69, 9.17) is 34.8 Å². The minimum Gasteiger partial charge on any atom is -0.157 e. The number of halogens is 3. The molecule has 0 bridgehead atoms. The van der Waals surface area contributed by atoms with Crippen molar-refractivity contribution in [3.8, 4) is 0 Å². The van der Waals surface area contributed by atoms with Gasteiger partial charge in [0, 0.05) is 15.5 Å². The number of thioether (sulfide) groups is 1. The molecular formula is C14H11Cl3S2. The third kappa shape index (κ3) is 2.93. The lowest BCUT2D eigenvalue weighted by molar-refractivity contribution is 1.13. The second-order valence-corrected chi connectivity index (χ2v) is 7.96. The summed E-state index contributed by atoms with van der Waals surface area (Å²) in [5.41, 5.74) is 2.45. The molecule has 0 amide bonds. The maximum Gasteiger partial charge on any atom is 0.0928 e. The highest BCUT2D eigenvalue weighted by molar-refractivity contribution is 7.98. The fraction of sp³-hybridized carbons (Fsp3) is 0.286. The lowest BCUT2D eigenvalue weighted by Crippen LogP contribution is -1.96. The molecule has 1 aliphatic rings. The highest BCUT2D eigenvalue weighted by Gasteiger charge is 2.19. The number of rotatable bonds is 2. The van der Waals surface area contributed by atoms with Gasteiger partial charge in [0.2, 0.25) is 0 Å². The Kier molecular flexibility index (Phi) is 4.35. The van der Waals surface area contributed by atoms with Crippen LogP contribution in [0, 0.1) is 0 Å². The Bertz CT molecular complexity index is 583. The summed E-state index contributed by atoms with van der Waals surface area (Å²) in [5, 5.41) is 0.980. The number of thiophene rings is 1. The summed E-state index contributed by atoms with van der Waals surface area (Å²) < 4.78 is 0. The van der Waals surface area contributed by atoms with E-state index in [9.17, 15) is 0 Å². The summed E-state index contributed by atoms with van der Waals surface area (Å²) in [6.07, 6.45) is 1.16. The zero-order valence-electron chi connectivity index (χ0n) is 9.96. The summed E-state index contributed by atoms with van der Waals surface area (Å²) in [7, 11) is 0. The van der Waals surface area contributed by atoms with Gasteiger partial charge in [0.15, 0.2) is 0 Å². The molecule has 0 saturated carbocycles. The van der Waals surface area contributed by atoms with Gasteiger partial charge in [-0.25, -0.2) is 0 Å². The molecule has 1 atom stereocenters. The van der Waals surface area contributed by atoms with Crippen LogP contribution in [-0.2, 0) is 12.2 Å². The third-order valence-corrected chi connectivity index (χ3v) is 6.80. The van der Waals surface area contributed by atoms with Crippen LogP contribution >= 0.6 is 57.9 Å². The van der Waals surface area contributed by atoms with Crippen LogP contribution in [0.1, 0.15) is 26.3 Å². The SMILES string of the molecule is Clc1ccc(C(Cl)c2cc3c(s2)CCSC3)cc1Cl. The maximum atomic E-state index is 6.58. The molecule has 5 heteroatoms. The number of hydrogen-bond donors (Lipinski definition) is 0. The fourth-order valence-electron chi connectivity index (χ4n) is 2.13. The zero-order chi connectivity index (χ0) is 13.4. The van der Waals surface area contributed by atoms with Gasteiger partial charge in [-0.2, -0.15) is 11.8 Å². The molecule has 1 aromatic heterocycles. The Morgan fingerprint density at radius 1 is 1.11 bits per heavy atom. The van der Waals surface area contributed by atoms with Crippen molar-refractivity contribution in [2.75, 3.05) is 5.75 Å². The minimum absolute atomic E-state index is 0.143. The Balaban J connectivity index is 1.92. The van der Waals surface area contributed by atoms with Crippen molar-refractivity contribution in [3.05, 3.63) is 55.2 Å². The smallest absolute Gasteiger partial charge is 0.0928 e. The average molecular weight is 350 g/mol. The molecule has 0 saturated heterocycles. The molecule has 1 aliphatic heterocycles. The third-order valence-electron chi connectivity index (χ3n) is 3.13. The van der Waals surface area contributed by atoms with Crippen LogP contribution < -0.4 is 0 Å². The highest BCUT2D eigenvalue weighted by Crippen LogP contribution is 2.40. The van der Waals surface area contributed by atoms with E-state index in [0.717, 1.165) is 17.7 Å². The summed E-state index contributed by atoms with van der Waals surface area (Å²) in [4.78, 5) is 2.69. The van der Waals surface area contributed by atoms with Crippen LogP contribution in [0.4, 0.5) is 0 Å². The predicted molar refractivity (Wildman–Crippen MR) is 88.3 cm³/mol. The van der Waals surface area contributed by atoms with Crippen molar-refractivity contribution in [2.24, 2.45) is 0 Å². The van der Waals surface area contributed by atoms with Gasteiger partial charge in [-0.15, -0.1) is 22.9 Å². The van der Waals surface area contributed by atoms with Crippen LogP contribution in [-0.4, -0.2) is 5.75 Å². The second-order valence-electron chi connectivity index (χ2n) is 4.44. The molecular weight excluding hydrogens is 339 g/mol. The van der Waals surface area contributed by atoms with Crippen molar-refractivity contribution >= 4 is 57.9 Å². The zero-order valence-corrected chi connectivity index (χ0v) is 13.9. The van der Waals surface area contributed by atoms with Crippen molar-refractivity contribution in [2.45, 2.75) is 17.6 Å². The predicted octanol–water partition coefficient (Wildman–Crippen LogP) is 6.17. The Hall–Kier alpha value is 0.140. The molecule has 2 heterocycles. The topological polar surface area (TPSA) is 0 Å². The molecule has 3 rings (SSSR count). The Morgan fingerprint density at radius 3 is 2.68 bits per heavy atom. The van der Waals surface area contributed by atoms with Gasteiger partial charge in [-0.1, -0.05) is 29.3 Å². The lowest BCUT2D eigenvalue weighted by Gasteiger charge is -2.08. The second kappa shape index (κ2) is 5.87. The van der Waals surface area contributed by atoms with Gasteiger partial charge < -0.3 is 0 Å². The largest absolute Gasteiger partial charge is 0.157 e. The number of alkyl halides is 1. The van der Waals surface area contributed by atoms with E-state index in [1.165, 1.54) is 21.1 Å². The lowest BCUT2D eigenvalue weighted by atomic mass is 10.1. The quantitative estimate of drug-likeness (QED) is 0.584. The standard InChI is InChI=1S/C14H11Cl3S2/c15-10-2-1-8(5-11(10)16)14(17)13-6-9-7-18-4-3-12(9)19-13/h1-2,5-6,14H,3-4,7H2. The van der Waals surface area contributed by atoms with E-state index >= 15 is 0 Å². The van der Waals surface area contributed by atoms with E-state index < -0.39 is 0 Å². The summed E-state index contributed by atoms with van der Waals surface area (Å²) >= 11 is 22.4. The van der Waals surface area contributed by atoms with Gasteiger partial charge in [-0.05, 0) is 41.5 Å². The number of fused-ring (bicyclic) bond motifs is 1. The molecule has 0 radical (unpaired) electrons. The van der Waals surface area contributed by atoms with Gasteiger partial charge in [0.25, 0.3) is 0 Å². The van der Waals surface area contributed by atoms with Crippen molar-refractivity contribution in [1.82, 2.24) is 0 Å². The summed E-state index contributed by atoms with van der Waals surface area (Å²) in [6, 6.07) is 7.85. The number of benzene rings is 1. The maximum absolute atomic E-state index is 6.58. The first-order valence-corrected chi connectivity index (χ1v) is 9.10. The van der Waals surface area contributed by atoms with Gasteiger partial charge in [0.05, 0.1) is 15.4 Å². The molecule has 0 spiro atoms. The highest BCUT2D eigenvalue weighted by atomic mass is 35.5. The molecule has 1 aromatic carbocycles. The normalized spacial score (nSPS) is 16.2. The first-order valence-electron chi connectivity index (χ1n) is 5.93. The molecule has 0 nitrogen and oxygen atoms in total. The van der Waals surface area contributed by atoms with Crippen LogP contribution in [0.5, 0.6) is 0 Å². The Morgan fingerprint density at radius 2 is 1.95 bits per heavy atom. The van der Waals surface area contributed by atoms with E-state index in [2.05, 4.69) is 6.07 Å². The molecule has 100 valence electrons. The Labute approximate surface area is 136 Å². The van der Waals surface area contributed by atoms with Gasteiger partial charge >= 0.3 is 0 Å². The van der Waals surface area contributed by atoms with Crippen LogP contribution in [0.25, 0.3) is 0 Å². The van der Waals surface area contributed by atoms with Crippen LogP contribution in [0.3, 0.4) is 0 Å². The van der Waals surface area contributed by atoms with Gasteiger partial charge in [0.1, 0.15) is 0 Å². The van der Waals surface area contributed by atoms with Crippen molar-refractivity contribution in [3.63, 3.8) is 0 Å². The van der Waals surface area contributed by atoms with Crippen molar-refractivity contribution in [1.29, 1.82) is 0 Å². The first kappa shape index (κ1) is 14.1. The summed E-state index contributed by atoms with van der Waals surface area (Å²) in [5.74, 6) is 2.32. The van der Waals surface area contributed by atoms with E-state index in [-0.39, 0.29) is 5.38 Å². The first-order chi connectivity index (χ1) is 9.15. The summed E-state index contributed by atoms with van der Waals surface area (Å²) in [6.45, 7) is 0.